The zero-order valence-electron chi connectivity index (χ0n) is 14.0. The third kappa shape index (κ3) is 3.63. The Morgan fingerprint density at radius 1 is 0.810 bits per heavy atom. The van der Waals surface area contributed by atoms with Gasteiger partial charge in [0.2, 0.25) is 0 Å². The normalized spacial score (nSPS) is 49.0. The quantitative estimate of drug-likeness (QED) is 0.651. The Balaban J connectivity index is 1.50. The van der Waals surface area contributed by atoms with Gasteiger partial charge in [-0.25, -0.2) is 4.39 Å². The molecule has 0 aromatic carbocycles. The van der Waals surface area contributed by atoms with Crippen LogP contribution in [0.25, 0.3) is 0 Å². The molecule has 2 aliphatic carbocycles. The summed E-state index contributed by atoms with van der Waals surface area (Å²) in [6, 6.07) is 0. The molecule has 2 heteroatoms. The monoisotopic (exact) mass is 296 g/mol. The summed E-state index contributed by atoms with van der Waals surface area (Å²) in [7, 11) is 0. The lowest BCUT2D eigenvalue weighted by Gasteiger charge is -2.44. The summed E-state index contributed by atoms with van der Waals surface area (Å²) in [6.07, 6.45) is 11.4. The molecule has 0 amide bonds. The van der Waals surface area contributed by atoms with E-state index in [0.29, 0.717) is 23.9 Å². The second-order valence-electron chi connectivity index (χ2n) is 8.38. The van der Waals surface area contributed by atoms with Crippen LogP contribution in [-0.2, 0) is 4.74 Å². The molecule has 3 aliphatic rings. The molecule has 21 heavy (non-hydrogen) atoms. The first kappa shape index (κ1) is 15.8. The Kier molecular flexibility index (Phi) is 4.93. The highest BCUT2D eigenvalue weighted by Crippen LogP contribution is 2.48. The molecule has 1 saturated heterocycles. The molecule has 0 N–H and O–H groups in total. The van der Waals surface area contributed by atoms with Gasteiger partial charge in [-0.3, -0.25) is 0 Å². The van der Waals surface area contributed by atoms with Gasteiger partial charge in [-0.1, -0.05) is 26.7 Å². The Morgan fingerprint density at radius 3 is 2.00 bits per heavy atom. The predicted molar refractivity (Wildman–Crippen MR) is 85.1 cm³/mol. The van der Waals surface area contributed by atoms with Crippen molar-refractivity contribution in [1.82, 2.24) is 0 Å². The van der Waals surface area contributed by atoms with E-state index in [9.17, 15) is 0 Å². The van der Waals surface area contributed by atoms with Gasteiger partial charge in [0.05, 0.1) is 6.10 Å². The lowest BCUT2D eigenvalue weighted by molar-refractivity contribution is -0.0752. The van der Waals surface area contributed by atoms with Gasteiger partial charge < -0.3 is 4.74 Å². The zero-order valence-corrected chi connectivity index (χ0v) is 14.0. The van der Waals surface area contributed by atoms with Crippen LogP contribution in [-0.4, -0.2) is 18.4 Å². The number of hydrogen-bond donors (Lipinski definition) is 0. The number of rotatable bonds is 2. The smallest absolute Gasteiger partial charge is 0.113 e. The summed E-state index contributed by atoms with van der Waals surface area (Å²) in [5.41, 5.74) is -0.849. The lowest BCUT2D eigenvalue weighted by Crippen LogP contribution is -2.42. The van der Waals surface area contributed by atoms with E-state index in [4.69, 9.17) is 4.74 Å². The molecule has 3 fully saturated rings. The summed E-state index contributed by atoms with van der Waals surface area (Å²) in [5, 5.41) is 0. The van der Waals surface area contributed by atoms with E-state index in [-0.39, 0.29) is 0 Å². The van der Waals surface area contributed by atoms with Crippen LogP contribution in [0, 0.1) is 23.7 Å². The van der Waals surface area contributed by atoms with E-state index < -0.39 is 5.67 Å². The van der Waals surface area contributed by atoms with Crippen molar-refractivity contribution >= 4 is 0 Å². The van der Waals surface area contributed by atoms with Gasteiger partial charge in [-0.2, -0.15) is 0 Å². The number of hydrogen-bond acceptors (Lipinski definition) is 1. The van der Waals surface area contributed by atoms with E-state index in [1.165, 1.54) is 25.7 Å². The first-order chi connectivity index (χ1) is 10.1. The topological polar surface area (TPSA) is 9.23 Å². The van der Waals surface area contributed by atoms with Crippen molar-refractivity contribution in [3.8, 4) is 0 Å². The molecular formula is C19H33FO. The Bertz CT molecular complexity index is 318. The van der Waals surface area contributed by atoms with Crippen molar-refractivity contribution in [2.24, 2.45) is 23.7 Å². The van der Waals surface area contributed by atoms with Gasteiger partial charge in [-0.15, -0.1) is 0 Å². The fourth-order valence-electron chi connectivity index (χ4n) is 4.95. The molecule has 0 spiro atoms. The van der Waals surface area contributed by atoms with E-state index >= 15 is 4.39 Å². The first-order valence-corrected chi connectivity index (χ1v) is 9.37. The molecular weight excluding hydrogens is 263 g/mol. The summed E-state index contributed by atoms with van der Waals surface area (Å²) >= 11 is 0. The van der Waals surface area contributed by atoms with Gasteiger partial charge >= 0.3 is 0 Å². The second-order valence-corrected chi connectivity index (χ2v) is 8.38. The molecule has 2 unspecified atom stereocenters. The minimum atomic E-state index is -0.849. The molecule has 2 saturated carbocycles. The molecule has 122 valence electrons. The van der Waals surface area contributed by atoms with Gasteiger partial charge in [0, 0.05) is 6.61 Å². The van der Waals surface area contributed by atoms with Gasteiger partial charge in [0.1, 0.15) is 5.67 Å². The third-order valence-corrected chi connectivity index (χ3v) is 6.67. The summed E-state index contributed by atoms with van der Waals surface area (Å²) in [4.78, 5) is 0. The van der Waals surface area contributed by atoms with E-state index in [1.807, 2.05) is 0 Å². The number of halogens is 1. The lowest BCUT2D eigenvalue weighted by atomic mass is 9.66. The van der Waals surface area contributed by atoms with Crippen LogP contribution in [0.4, 0.5) is 4.39 Å². The maximum absolute atomic E-state index is 15.3. The van der Waals surface area contributed by atoms with E-state index in [1.54, 1.807) is 0 Å². The Hall–Kier alpha value is -0.110. The highest BCUT2D eigenvalue weighted by molar-refractivity contribution is 4.95. The molecule has 1 aliphatic heterocycles. The minimum absolute atomic E-state index is 0.349. The summed E-state index contributed by atoms with van der Waals surface area (Å²) in [6.45, 7) is 5.51. The van der Waals surface area contributed by atoms with Crippen LogP contribution in [0.2, 0.25) is 0 Å². The molecule has 0 radical (unpaired) electrons. The fourth-order valence-corrected chi connectivity index (χ4v) is 4.95. The fraction of sp³-hybridized carbons (Fsp3) is 1.00. The predicted octanol–water partition coefficient (Wildman–Crippen LogP) is 5.53. The largest absolute Gasteiger partial charge is 0.378 e. The second kappa shape index (κ2) is 6.56. The standard InChI is InChI=1S/C19H33FO/c1-14-3-6-17(7-4-14)19(20)11-9-16(10-12-19)18-8-5-15(2)13-21-18/h14-18H,3-13H2,1-2H3. The molecule has 1 nitrogen and oxygen atoms in total. The molecule has 1 heterocycles. The van der Waals surface area contributed by atoms with Crippen LogP contribution in [0.15, 0.2) is 0 Å². The maximum atomic E-state index is 15.3. The van der Waals surface area contributed by atoms with Crippen LogP contribution < -0.4 is 0 Å². The average Bonchev–Trinajstić information content (AvgIpc) is 2.50. The number of alkyl halides is 1. The average molecular weight is 296 g/mol. The van der Waals surface area contributed by atoms with E-state index in [2.05, 4.69) is 13.8 Å². The summed E-state index contributed by atoms with van der Waals surface area (Å²) < 4.78 is 21.4. The van der Waals surface area contributed by atoms with Crippen LogP contribution in [0.3, 0.4) is 0 Å². The van der Waals surface area contributed by atoms with E-state index in [0.717, 1.165) is 51.0 Å². The Morgan fingerprint density at radius 2 is 1.43 bits per heavy atom. The maximum Gasteiger partial charge on any atom is 0.113 e. The van der Waals surface area contributed by atoms with Crippen molar-refractivity contribution in [3.05, 3.63) is 0 Å². The van der Waals surface area contributed by atoms with Crippen molar-refractivity contribution < 1.29 is 9.13 Å². The van der Waals surface area contributed by atoms with Crippen molar-refractivity contribution in [2.45, 2.75) is 89.8 Å². The van der Waals surface area contributed by atoms with Crippen molar-refractivity contribution in [2.75, 3.05) is 6.61 Å². The molecule has 2 atom stereocenters. The van der Waals surface area contributed by atoms with Gasteiger partial charge in [0.15, 0.2) is 0 Å². The van der Waals surface area contributed by atoms with Crippen LogP contribution in [0.1, 0.15) is 78.1 Å². The van der Waals surface area contributed by atoms with Gasteiger partial charge in [-0.05, 0) is 75.0 Å². The zero-order chi connectivity index (χ0) is 14.9. The molecule has 0 aromatic rings. The van der Waals surface area contributed by atoms with Crippen LogP contribution >= 0.6 is 0 Å². The van der Waals surface area contributed by atoms with Gasteiger partial charge in [0.25, 0.3) is 0 Å². The minimum Gasteiger partial charge on any atom is -0.378 e. The Labute approximate surface area is 130 Å². The van der Waals surface area contributed by atoms with Crippen molar-refractivity contribution in [1.29, 1.82) is 0 Å². The SMILES string of the molecule is CC1CCC(C2(F)CCC(C3CCC(C)CO3)CC2)CC1. The summed E-state index contributed by atoms with van der Waals surface area (Å²) in [5.74, 6) is 2.51. The van der Waals surface area contributed by atoms with Crippen LogP contribution in [0.5, 0.6) is 0 Å². The molecule has 0 aromatic heterocycles. The highest BCUT2D eigenvalue weighted by Gasteiger charge is 2.44. The van der Waals surface area contributed by atoms with Crippen molar-refractivity contribution in [3.63, 3.8) is 0 Å². The first-order valence-electron chi connectivity index (χ1n) is 9.37. The molecule has 0 bridgehead atoms. The number of ether oxygens (including phenoxy) is 1. The highest BCUT2D eigenvalue weighted by atomic mass is 19.1. The molecule has 3 rings (SSSR count). The third-order valence-electron chi connectivity index (χ3n) is 6.67.